The van der Waals surface area contributed by atoms with Crippen molar-refractivity contribution >= 4 is 37.1 Å². The molecule has 0 N–H and O–H groups in total. The molecule has 27 heavy (non-hydrogen) atoms. The number of anilines is 2. The molecule has 2 aliphatic heterocycles. The van der Waals surface area contributed by atoms with Crippen LogP contribution in [0, 0.1) is 0 Å². The minimum atomic E-state index is -2.19. The molecule has 1 saturated heterocycles. The Kier molecular flexibility index (Phi) is 9.56. The van der Waals surface area contributed by atoms with Crippen LogP contribution in [0.15, 0.2) is 27.6 Å². The molecule has 1 aromatic rings. The molecule has 0 spiro atoms. The molecule has 6 nitrogen and oxygen atoms in total. The fourth-order valence-corrected chi connectivity index (χ4v) is 4.72. The number of hydrogen-bond acceptors (Lipinski definition) is 6. The van der Waals surface area contributed by atoms with Gasteiger partial charge in [-0.3, -0.25) is 0 Å². The standard InChI is InChI=1S/C9H21N3.C8H10BN3.2ClH.Ti/c1-10-4-6-11(2)8-9-12(3)7-5-10;1-11-7-5-3-4-6-8(7)12(2)9(11)10;;;/h4-9H2,1-3H3;3-6H,1-2H3;2*1H;/q;;;;+2/p-2. The van der Waals surface area contributed by atoms with E-state index >= 15 is 0 Å². The van der Waals surface area contributed by atoms with Gasteiger partial charge in [0, 0.05) is 39.3 Å². The van der Waals surface area contributed by atoms with E-state index in [0.29, 0.717) is 0 Å². The first-order chi connectivity index (χ1) is 12.8. The van der Waals surface area contributed by atoms with Gasteiger partial charge in [0.1, 0.15) is 0 Å². The van der Waals surface area contributed by atoms with Crippen LogP contribution in [-0.4, -0.2) is 96.3 Å². The summed E-state index contributed by atoms with van der Waals surface area (Å²) in [6.45, 7) is 7.19. The molecule has 2 heterocycles. The van der Waals surface area contributed by atoms with Crippen LogP contribution in [-0.2, 0) is 15.6 Å². The first-order valence-corrected chi connectivity index (χ1v) is 14.3. The molecule has 1 fully saturated rings. The molecule has 1 aromatic carbocycles. The molecule has 0 radical (unpaired) electrons. The van der Waals surface area contributed by atoms with E-state index < -0.39 is 15.6 Å². The SMILES string of the molecule is CN1B([N]=[Ti]([Cl])[Cl])N(C)c2ccccc21.CN1CCN(C)CCN(C)CC1. The Morgan fingerprint density at radius 3 is 1.37 bits per heavy atom. The number of rotatable bonds is 1. The Morgan fingerprint density at radius 1 is 0.741 bits per heavy atom. The number of halogens is 2. The van der Waals surface area contributed by atoms with Crippen molar-refractivity contribution in [3.05, 3.63) is 24.3 Å². The van der Waals surface area contributed by atoms with E-state index in [4.69, 9.17) is 18.6 Å². The summed E-state index contributed by atoms with van der Waals surface area (Å²) < 4.78 is 4.40. The summed E-state index contributed by atoms with van der Waals surface area (Å²) in [6.07, 6.45) is 0. The van der Waals surface area contributed by atoms with Crippen LogP contribution in [0.2, 0.25) is 0 Å². The quantitative estimate of drug-likeness (QED) is 0.615. The maximum absolute atomic E-state index is 5.84. The smallest absolute Gasteiger partial charge is 0.0107 e. The molecule has 0 bridgehead atoms. The zero-order valence-electron chi connectivity index (χ0n) is 17.1. The van der Waals surface area contributed by atoms with Crippen molar-refractivity contribution in [3.63, 3.8) is 0 Å². The molecule has 150 valence electrons. The van der Waals surface area contributed by atoms with Crippen LogP contribution in [0.3, 0.4) is 0 Å². The number of benzene rings is 1. The summed E-state index contributed by atoms with van der Waals surface area (Å²) in [6, 6.07) is 8.18. The summed E-state index contributed by atoms with van der Waals surface area (Å²) in [5.41, 5.74) is 2.34. The minimum absolute atomic E-state index is 0.0487. The number of para-hydroxylation sites is 2. The fourth-order valence-electron chi connectivity index (χ4n) is 3.19. The Morgan fingerprint density at radius 2 is 1.07 bits per heavy atom. The van der Waals surface area contributed by atoms with Gasteiger partial charge in [-0.2, -0.15) is 0 Å². The van der Waals surface area contributed by atoms with E-state index in [9.17, 15) is 0 Å². The summed E-state index contributed by atoms with van der Waals surface area (Å²) in [7, 11) is 22.3. The van der Waals surface area contributed by atoms with Gasteiger partial charge in [-0.15, -0.1) is 0 Å². The molecule has 0 aliphatic carbocycles. The topological polar surface area (TPSA) is 28.6 Å². The van der Waals surface area contributed by atoms with Gasteiger partial charge in [-0.05, 0) is 21.1 Å². The van der Waals surface area contributed by atoms with Crippen LogP contribution in [0.4, 0.5) is 11.4 Å². The van der Waals surface area contributed by atoms with Crippen molar-refractivity contribution in [2.24, 2.45) is 3.33 Å². The van der Waals surface area contributed by atoms with Gasteiger partial charge in [0.05, 0.1) is 0 Å². The molecular weight excluding hydrogens is 418 g/mol. The summed E-state index contributed by atoms with van der Waals surface area (Å²) >= 11 is -2.19. The minimum Gasteiger partial charge on any atom is -0.304 e. The number of likely N-dealkylation sites (N-methyl/N-ethyl adjacent to an activating group) is 3. The van der Waals surface area contributed by atoms with E-state index in [1.54, 1.807) is 0 Å². The van der Waals surface area contributed by atoms with Crippen LogP contribution < -0.4 is 9.62 Å². The van der Waals surface area contributed by atoms with Crippen LogP contribution in [0.1, 0.15) is 0 Å². The van der Waals surface area contributed by atoms with Crippen LogP contribution >= 0.6 is 18.6 Å². The van der Waals surface area contributed by atoms with Gasteiger partial charge in [0.15, 0.2) is 0 Å². The zero-order chi connectivity index (χ0) is 20.0. The molecule has 0 unspecified atom stereocenters. The monoisotopic (exact) mass is 448 g/mol. The maximum Gasteiger partial charge on any atom is 0.0107 e. The van der Waals surface area contributed by atoms with Crippen molar-refractivity contribution in [1.29, 1.82) is 0 Å². The fraction of sp³-hybridized carbons (Fsp3) is 0.647. The van der Waals surface area contributed by atoms with E-state index in [1.165, 1.54) is 50.6 Å². The normalized spacial score (nSPS) is 19.6. The van der Waals surface area contributed by atoms with Gasteiger partial charge in [-0.1, -0.05) is 0 Å². The van der Waals surface area contributed by atoms with Crippen LogP contribution in [0.5, 0.6) is 0 Å². The van der Waals surface area contributed by atoms with Crippen molar-refractivity contribution in [2.75, 3.05) is 84.1 Å². The third kappa shape index (κ3) is 7.00. The molecule has 10 heteroatoms. The van der Waals surface area contributed by atoms with Gasteiger partial charge >= 0.3 is 104 Å². The molecule has 3 rings (SSSR count). The van der Waals surface area contributed by atoms with Crippen LogP contribution in [0.25, 0.3) is 0 Å². The second-order valence-electron chi connectivity index (χ2n) is 7.34. The van der Waals surface area contributed by atoms with E-state index in [0.717, 1.165) is 0 Å². The summed E-state index contributed by atoms with van der Waals surface area (Å²) in [5, 5.41) is 0. The van der Waals surface area contributed by atoms with Crippen molar-refractivity contribution in [2.45, 2.75) is 0 Å². The molecule has 0 saturated carbocycles. The number of hydrogen-bond donors (Lipinski definition) is 0. The van der Waals surface area contributed by atoms with Gasteiger partial charge < -0.3 is 14.7 Å². The molecular formula is C17H31BCl2N6Ti. The molecule has 2 aliphatic rings. The van der Waals surface area contributed by atoms with Gasteiger partial charge in [-0.25, -0.2) is 0 Å². The first kappa shape index (κ1) is 23.1. The summed E-state index contributed by atoms with van der Waals surface area (Å²) in [5.74, 6) is 0. The van der Waals surface area contributed by atoms with Crippen molar-refractivity contribution in [1.82, 2.24) is 14.7 Å². The molecule has 0 atom stereocenters. The zero-order valence-corrected chi connectivity index (χ0v) is 20.1. The average molecular weight is 449 g/mol. The number of fused-ring (bicyclic) bond motifs is 1. The first-order valence-electron chi connectivity index (χ1n) is 9.28. The Bertz CT molecular complexity index is 568. The van der Waals surface area contributed by atoms with E-state index in [1.807, 2.05) is 26.2 Å². The van der Waals surface area contributed by atoms with Gasteiger partial charge in [0.2, 0.25) is 0 Å². The summed E-state index contributed by atoms with van der Waals surface area (Å²) in [4.78, 5) is 11.4. The predicted molar refractivity (Wildman–Crippen MR) is 116 cm³/mol. The van der Waals surface area contributed by atoms with Crippen molar-refractivity contribution in [3.8, 4) is 0 Å². The van der Waals surface area contributed by atoms with Crippen molar-refractivity contribution < 1.29 is 15.6 Å². The van der Waals surface area contributed by atoms with E-state index in [-0.39, 0.29) is 7.12 Å². The molecule has 0 amide bonds. The molecule has 0 aromatic heterocycles. The second-order valence-corrected chi connectivity index (χ2v) is 12.2. The van der Waals surface area contributed by atoms with Gasteiger partial charge in [0.25, 0.3) is 0 Å². The maximum atomic E-state index is 5.84. The third-order valence-electron chi connectivity index (χ3n) is 5.14. The predicted octanol–water partition coefficient (Wildman–Crippen LogP) is 2.46. The van der Waals surface area contributed by atoms with E-state index in [2.05, 4.69) is 60.9 Å². The second kappa shape index (κ2) is 11.1. The largest absolute Gasteiger partial charge is 0.304 e. The Balaban J connectivity index is 0.000000199. The average Bonchev–Trinajstić information content (AvgIpc) is 2.91. The Hall–Kier alpha value is -0.141. The third-order valence-corrected chi connectivity index (χ3v) is 6.61. The number of nitrogens with zero attached hydrogens (tertiary/aromatic N) is 6. The Labute approximate surface area is 178 Å².